The van der Waals surface area contributed by atoms with Crippen LogP contribution >= 0.6 is 63.4 Å². The average Bonchev–Trinajstić information content (AvgIpc) is 0.872. The molecular weight excluding hydrogens is 1690 g/mol. The number of nitrogens with zero attached hydrogens (tertiary/aromatic N) is 3. The van der Waals surface area contributed by atoms with Crippen LogP contribution in [0.25, 0.3) is 0 Å². The number of nitriles is 3. The van der Waals surface area contributed by atoms with Gasteiger partial charge in [-0.3, -0.25) is 0 Å². The molecule has 0 atom stereocenters. The normalized spacial score (nSPS) is 10.5. The molecule has 614 valence electrons. The third kappa shape index (κ3) is 69.8. The average molecular weight is 1810 g/mol. The fourth-order valence-corrected chi connectivity index (χ4v) is 33.4. The molecular formula is C78H113B4Co2F16N3P8+8. The van der Waals surface area contributed by atoms with Crippen molar-refractivity contribution in [3.05, 3.63) is 243 Å². The van der Waals surface area contributed by atoms with Crippen molar-refractivity contribution in [3.63, 3.8) is 0 Å². The number of hydrogen-bond donors (Lipinski definition) is 0. The van der Waals surface area contributed by atoms with E-state index >= 15 is 0 Å². The van der Waals surface area contributed by atoms with Gasteiger partial charge in [0.15, 0.2) is 0 Å². The predicted octanol–water partition coefficient (Wildman–Crippen LogP) is 23.2. The van der Waals surface area contributed by atoms with E-state index in [-0.39, 0.29) is 65.2 Å². The summed E-state index contributed by atoms with van der Waals surface area (Å²) in [5.74, 6) is 0. The zero-order valence-corrected chi connectivity index (χ0v) is 75.4. The van der Waals surface area contributed by atoms with E-state index in [1.165, 1.54) is 119 Å². The van der Waals surface area contributed by atoms with E-state index in [1.54, 1.807) is 60.6 Å². The van der Waals surface area contributed by atoms with Gasteiger partial charge in [0.25, 0.3) is 0 Å². The first-order valence-electron chi connectivity index (χ1n) is 36.3. The molecule has 0 fully saturated rings. The Morgan fingerprint density at radius 2 is 0.288 bits per heavy atom. The zero-order chi connectivity index (χ0) is 83.0. The molecule has 0 heterocycles. The first-order valence-corrected chi connectivity index (χ1v) is 51.6. The van der Waals surface area contributed by atoms with Crippen LogP contribution in [0.1, 0.15) is 76.2 Å². The van der Waals surface area contributed by atoms with Crippen LogP contribution in [0.15, 0.2) is 243 Å². The Labute approximate surface area is 684 Å². The van der Waals surface area contributed by atoms with Crippen molar-refractivity contribution >= 4 is 135 Å². The van der Waals surface area contributed by atoms with Gasteiger partial charge < -0.3 is 69.1 Å². The maximum atomic E-state index is 9.75. The molecule has 0 bridgehead atoms. The minimum Gasteiger partial charge on any atom is -0.418 e. The van der Waals surface area contributed by atoms with Gasteiger partial charge in [0, 0.05) is 52.5 Å². The molecule has 0 aliphatic rings. The van der Waals surface area contributed by atoms with Crippen LogP contribution in [-0.4, -0.2) is 128 Å². The third-order valence-electron chi connectivity index (χ3n) is 15.9. The minimum absolute atomic E-state index is 0. The van der Waals surface area contributed by atoms with Crippen LogP contribution in [0.3, 0.4) is 0 Å². The molecule has 0 aliphatic heterocycles. The summed E-state index contributed by atoms with van der Waals surface area (Å²) in [4.78, 5) is 0. The van der Waals surface area contributed by atoms with Gasteiger partial charge in [-0.05, 0) is 152 Å². The second-order valence-electron chi connectivity index (χ2n) is 23.3. The standard InChI is InChI=1S/4C18H24P2.3C2H3N.4BF4.2Co/c4*1-3-19(4-2)15-16-20(17-11-7-5-8-12-17)18-13-9-6-10-14-18;3*1-2-3;4*2-1(3,4)5;;/h4*5-14H,3-4,15-16H2,1-2H3;3*1H3;;;;;;/q;;;;;;;4*-1;2*+2/p+8. The summed E-state index contributed by atoms with van der Waals surface area (Å²) in [6.45, 7) is 23.3. The van der Waals surface area contributed by atoms with Gasteiger partial charge in [0.05, 0.1) is 191 Å². The maximum Gasteiger partial charge on any atom is 2.00 e. The van der Waals surface area contributed by atoms with Crippen molar-refractivity contribution in [2.75, 3.05) is 98.6 Å². The second-order valence-corrected chi connectivity index (χ2v) is 47.4. The minimum atomic E-state index is -6.00. The van der Waals surface area contributed by atoms with Crippen molar-refractivity contribution < 1.29 is 103 Å². The fourth-order valence-electron chi connectivity index (χ4n) is 10.6. The van der Waals surface area contributed by atoms with E-state index in [1.807, 2.05) is 0 Å². The molecule has 0 N–H and O–H groups in total. The molecule has 111 heavy (non-hydrogen) atoms. The topological polar surface area (TPSA) is 71.4 Å². The molecule has 0 saturated heterocycles. The summed E-state index contributed by atoms with van der Waals surface area (Å²) < 4.78 is 156. The van der Waals surface area contributed by atoms with Crippen LogP contribution in [0.5, 0.6) is 0 Å². The first kappa shape index (κ1) is 115. The van der Waals surface area contributed by atoms with Gasteiger partial charge >= 0.3 is 62.6 Å². The van der Waals surface area contributed by atoms with Crippen molar-refractivity contribution in [2.45, 2.75) is 76.2 Å². The Balaban J connectivity index is -0.000000399. The van der Waals surface area contributed by atoms with Gasteiger partial charge in [-0.1, -0.05) is 146 Å². The molecule has 0 unspecified atom stereocenters. The Morgan fingerprint density at radius 3 is 0.360 bits per heavy atom. The quantitative estimate of drug-likeness (QED) is 0.0279. The Morgan fingerprint density at radius 1 is 0.207 bits per heavy atom. The molecule has 0 aliphatic carbocycles. The van der Waals surface area contributed by atoms with Crippen molar-refractivity contribution in [1.82, 2.24) is 0 Å². The summed E-state index contributed by atoms with van der Waals surface area (Å²) in [5.41, 5.74) is 0. The zero-order valence-electron chi connectivity index (χ0n) is 65.3. The van der Waals surface area contributed by atoms with Crippen LogP contribution in [0.2, 0.25) is 0 Å². The summed E-state index contributed by atoms with van der Waals surface area (Å²) in [7, 11) is -26.8. The number of rotatable bonds is 28. The molecule has 33 heteroatoms. The molecule has 0 spiro atoms. The van der Waals surface area contributed by atoms with Crippen molar-refractivity contribution in [1.29, 1.82) is 15.8 Å². The predicted molar refractivity (Wildman–Crippen MR) is 473 cm³/mol. The van der Waals surface area contributed by atoms with Crippen LogP contribution in [0, 0.1) is 34.0 Å². The maximum absolute atomic E-state index is 9.75. The third-order valence-corrected chi connectivity index (χ3v) is 41.0. The van der Waals surface area contributed by atoms with Crippen LogP contribution in [-0.2, 0) is 33.6 Å². The summed E-state index contributed by atoms with van der Waals surface area (Å²) >= 11 is 0. The molecule has 8 rings (SSSR count). The Kier molecular flexibility index (Phi) is 75.1. The molecule has 2 radical (unpaired) electrons. The smallest absolute Gasteiger partial charge is 0.418 e. The van der Waals surface area contributed by atoms with E-state index in [0.29, 0.717) is 0 Å². The van der Waals surface area contributed by atoms with E-state index in [4.69, 9.17) is 15.8 Å². The Hall–Kier alpha value is -4.18. The molecule has 0 amide bonds. The number of benzene rings is 8. The van der Waals surface area contributed by atoms with Gasteiger partial charge in [-0.2, -0.15) is 15.8 Å². The molecule has 0 aromatic heterocycles. The second kappa shape index (κ2) is 72.3. The molecule has 8 aromatic rings. The largest absolute Gasteiger partial charge is 2.00 e. The molecule has 3 nitrogen and oxygen atoms in total. The molecule has 0 saturated carbocycles. The first-order chi connectivity index (χ1) is 51.6. The van der Waals surface area contributed by atoms with Gasteiger partial charge in [0.1, 0.15) is 0 Å². The van der Waals surface area contributed by atoms with E-state index in [9.17, 15) is 69.1 Å². The number of halogens is 16. The molecule has 8 aromatic carbocycles. The van der Waals surface area contributed by atoms with Crippen molar-refractivity contribution in [2.24, 2.45) is 0 Å². The van der Waals surface area contributed by atoms with E-state index < -0.39 is 60.7 Å². The van der Waals surface area contributed by atoms with E-state index in [2.05, 4.69) is 298 Å². The Bertz CT molecular complexity index is 2860. The van der Waals surface area contributed by atoms with Crippen LogP contribution in [0.4, 0.5) is 69.1 Å². The summed E-state index contributed by atoms with van der Waals surface area (Å²) in [5, 5.41) is 34.5. The summed E-state index contributed by atoms with van der Waals surface area (Å²) in [6, 6.07) is 94.5. The SMILES string of the molecule is CC#N.CC#N.CC#N.CC[PH+](CC)CC[PH+](c1ccccc1)c1ccccc1.CC[PH+](CC)CC[PH+](c1ccccc1)c1ccccc1.CC[PH+](CC)CC[PH+](c1ccccc1)c1ccccc1.CC[PH+](CC)CC[PH+](c1ccccc1)c1ccccc1.F[B-](F)(F)F.F[B-](F)(F)F.F[B-](F)(F)F.F[B-](F)(F)F.[Co+2].[Co+2]. The van der Waals surface area contributed by atoms with E-state index in [0.717, 1.165) is 0 Å². The van der Waals surface area contributed by atoms with Gasteiger partial charge in [0.2, 0.25) is 0 Å². The fraction of sp³-hybridized carbons (Fsp3) is 0.346. The summed E-state index contributed by atoms with van der Waals surface area (Å²) in [6.07, 6.45) is 22.8. The van der Waals surface area contributed by atoms with Crippen molar-refractivity contribution in [3.8, 4) is 18.2 Å². The van der Waals surface area contributed by atoms with Gasteiger partial charge in [-0.15, -0.1) is 0 Å². The van der Waals surface area contributed by atoms with Crippen LogP contribution < -0.4 is 42.4 Å². The number of hydrogen-bond acceptors (Lipinski definition) is 3. The van der Waals surface area contributed by atoms with Gasteiger partial charge in [-0.25, -0.2) is 0 Å². The monoisotopic (exact) mass is 1810 g/mol.